The zero-order chi connectivity index (χ0) is 22.1. The zero-order valence-electron chi connectivity index (χ0n) is 17.5. The minimum Gasteiger partial charge on any atom is -0.495 e. The third-order valence-electron chi connectivity index (χ3n) is 5.90. The molecule has 1 atom stereocenters. The second-order valence-electron chi connectivity index (χ2n) is 7.67. The van der Waals surface area contributed by atoms with E-state index in [0.717, 1.165) is 16.8 Å². The highest BCUT2D eigenvalue weighted by molar-refractivity contribution is 5.96. The highest BCUT2D eigenvalue weighted by Gasteiger charge is 2.33. The topological polar surface area (TPSA) is 95.2 Å². The van der Waals surface area contributed by atoms with Gasteiger partial charge in [0.2, 0.25) is 0 Å². The van der Waals surface area contributed by atoms with E-state index in [-0.39, 0.29) is 5.56 Å². The molecule has 1 aliphatic heterocycles. The molecule has 1 aliphatic rings. The Balaban J connectivity index is 1.61. The molecule has 0 saturated carbocycles. The number of ether oxygens (including phenoxy) is 1. The molecule has 0 radical (unpaired) electrons. The molecule has 0 spiro atoms. The van der Waals surface area contributed by atoms with Gasteiger partial charge in [0.05, 0.1) is 18.4 Å². The number of aromatic nitrogens is 1. The first-order valence-corrected chi connectivity index (χ1v) is 10.1. The highest BCUT2D eigenvalue weighted by Crippen LogP contribution is 2.33. The molecule has 1 saturated heterocycles. The SMILES string of the molecule is COc1ccccc1N1CCN(C(C(=O)O)c2cn(C)c3cc(C(=O)O)ccc23)CC1. The lowest BCUT2D eigenvalue weighted by Gasteiger charge is -2.39. The maximum absolute atomic E-state index is 12.3. The van der Waals surface area contributed by atoms with Gasteiger partial charge in [0.25, 0.3) is 0 Å². The van der Waals surface area contributed by atoms with E-state index in [1.165, 1.54) is 6.07 Å². The van der Waals surface area contributed by atoms with Gasteiger partial charge in [0, 0.05) is 55.9 Å². The van der Waals surface area contributed by atoms with Gasteiger partial charge >= 0.3 is 11.9 Å². The molecule has 162 valence electrons. The van der Waals surface area contributed by atoms with Gasteiger partial charge in [-0.2, -0.15) is 0 Å². The number of methoxy groups -OCH3 is 1. The van der Waals surface area contributed by atoms with Crippen molar-refractivity contribution in [1.82, 2.24) is 9.47 Å². The predicted octanol–water partition coefficient (Wildman–Crippen LogP) is 2.83. The maximum Gasteiger partial charge on any atom is 0.335 e. The number of carbonyl (C=O) groups is 2. The Kier molecular flexibility index (Phi) is 5.56. The van der Waals surface area contributed by atoms with Gasteiger partial charge in [-0.15, -0.1) is 0 Å². The summed E-state index contributed by atoms with van der Waals surface area (Å²) in [7, 11) is 3.45. The number of nitrogens with zero attached hydrogens (tertiary/aromatic N) is 3. The summed E-state index contributed by atoms with van der Waals surface area (Å²) in [5, 5.41) is 20.1. The molecule has 1 fully saturated rings. The molecular weight excluding hydrogens is 398 g/mol. The molecule has 8 nitrogen and oxygen atoms in total. The number of benzene rings is 2. The molecule has 2 heterocycles. The molecule has 3 aromatic rings. The minimum absolute atomic E-state index is 0.178. The van der Waals surface area contributed by atoms with Crippen LogP contribution in [0.15, 0.2) is 48.7 Å². The Morgan fingerprint density at radius 3 is 2.39 bits per heavy atom. The van der Waals surface area contributed by atoms with Gasteiger partial charge in [-0.25, -0.2) is 4.79 Å². The highest BCUT2D eigenvalue weighted by atomic mass is 16.5. The van der Waals surface area contributed by atoms with E-state index in [0.29, 0.717) is 37.3 Å². The Bertz CT molecular complexity index is 1130. The van der Waals surface area contributed by atoms with Crippen LogP contribution in [0.25, 0.3) is 10.9 Å². The molecule has 0 aliphatic carbocycles. The van der Waals surface area contributed by atoms with Crippen LogP contribution >= 0.6 is 0 Å². The number of fused-ring (bicyclic) bond motifs is 1. The van der Waals surface area contributed by atoms with Crippen molar-refractivity contribution in [1.29, 1.82) is 0 Å². The van der Waals surface area contributed by atoms with Crippen molar-refractivity contribution >= 4 is 28.5 Å². The van der Waals surface area contributed by atoms with E-state index in [1.54, 1.807) is 37.1 Å². The first kappa shape index (κ1) is 20.7. The van der Waals surface area contributed by atoms with E-state index in [2.05, 4.69) is 4.90 Å². The van der Waals surface area contributed by atoms with Crippen molar-refractivity contribution in [3.63, 3.8) is 0 Å². The van der Waals surface area contributed by atoms with Crippen LogP contribution in [-0.2, 0) is 11.8 Å². The Hall–Kier alpha value is -3.52. The number of para-hydroxylation sites is 2. The summed E-state index contributed by atoms with van der Waals surface area (Å²) >= 11 is 0. The fourth-order valence-electron chi connectivity index (χ4n) is 4.36. The van der Waals surface area contributed by atoms with Crippen LogP contribution in [0.1, 0.15) is 22.0 Å². The number of hydrogen-bond donors (Lipinski definition) is 2. The molecule has 0 bridgehead atoms. The van der Waals surface area contributed by atoms with Crippen LogP contribution in [0.4, 0.5) is 5.69 Å². The number of carboxylic acids is 2. The maximum atomic E-state index is 12.3. The van der Waals surface area contributed by atoms with Crippen molar-refractivity contribution in [2.24, 2.45) is 7.05 Å². The largest absolute Gasteiger partial charge is 0.495 e. The van der Waals surface area contributed by atoms with Crippen LogP contribution in [0.2, 0.25) is 0 Å². The summed E-state index contributed by atoms with van der Waals surface area (Å²) in [5.41, 5.74) is 2.56. The lowest BCUT2D eigenvalue weighted by Crippen LogP contribution is -2.49. The van der Waals surface area contributed by atoms with E-state index in [9.17, 15) is 19.8 Å². The Labute approximate surface area is 179 Å². The van der Waals surface area contributed by atoms with Gasteiger partial charge < -0.3 is 24.4 Å². The Morgan fingerprint density at radius 2 is 1.74 bits per heavy atom. The van der Waals surface area contributed by atoms with Gasteiger partial charge in [0.1, 0.15) is 11.8 Å². The number of anilines is 1. The fraction of sp³-hybridized carbons (Fsp3) is 0.304. The third-order valence-corrected chi connectivity index (χ3v) is 5.90. The van der Waals surface area contributed by atoms with Crippen LogP contribution in [0.3, 0.4) is 0 Å². The van der Waals surface area contributed by atoms with E-state index in [4.69, 9.17) is 4.74 Å². The lowest BCUT2D eigenvalue weighted by molar-refractivity contribution is -0.143. The van der Waals surface area contributed by atoms with Crippen LogP contribution in [-0.4, -0.2) is 64.9 Å². The fourth-order valence-corrected chi connectivity index (χ4v) is 4.36. The molecule has 2 N–H and O–H groups in total. The number of piperazine rings is 1. The summed E-state index contributed by atoms with van der Waals surface area (Å²) in [6.07, 6.45) is 1.79. The predicted molar refractivity (Wildman–Crippen MR) is 117 cm³/mol. The zero-order valence-corrected chi connectivity index (χ0v) is 17.5. The van der Waals surface area contributed by atoms with Gasteiger partial charge in [0.15, 0.2) is 0 Å². The standard InChI is InChI=1S/C23H25N3O5/c1-24-14-17(16-8-7-15(22(27)28)13-19(16)24)21(23(29)30)26-11-9-25(10-12-26)18-5-3-4-6-20(18)31-2/h3-8,13-14,21H,9-12H2,1-2H3,(H,27,28)(H,29,30). The summed E-state index contributed by atoms with van der Waals surface area (Å²) in [6.45, 7) is 2.52. The molecule has 0 amide bonds. The first-order chi connectivity index (χ1) is 14.9. The third kappa shape index (κ3) is 3.82. The van der Waals surface area contributed by atoms with Crippen molar-refractivity contribution in [2.75, 3.05) is 38.2 Å². The Morgan fingerprint density at radius 1 is 1.03 bits per heavy atom. The summed E-state index contributed by atoms with van der Waals surface area (Å²) in [4.78, 5) is 27.8. The number of carboxylic acid groups (broad SMARTS) is 2. The average molecular weight is 423 g/mol. The van der Waals surface area contributed by atoms with E-state index in [1.807, 2.05) is 29.2 Å². The first-order valence-electron chi connectivity index (χ1n) is 10.1. The van der Waals surface area contributed by atoms with Crippen molar-refractivity contribution in [3.05, 3.63) is 59.8 Å². The number of hydrogen-bond acceptors (Lipinski definition) is 5. The quantitative estimate of drug-likeness (QED) is 0.629. The second kappa shape index (κ2) is 8.31. The van der Waals surface area contributed by atoms with Gasteiger partial charge in [-0.3, -0.25) is 9.69 Å². The number of rotatable bonds is 6. The minimum atomic E-state index is -1.01. The summed E-state index contributed by atoms with van der Waals surface area (Å²) in [5.74, 6) is -1.12. The van der Waals surface area contributed by atoms with Crippen molar-refractivity contribution < 1.29 is 24.5 Å². The van der Waals surface area contributed by atoms with Crippen LogP contribution < -0.4 is 9.64 Å². The molecule has 2 aromatic carbocycles. The number of aliphatic carboxylic acids is 1. The molecular formula is C23H25N3O5. The van der Waals surface area contributed by atoms with Crippen LogP contribution in [0.5, 0.6) is 5.75 Å². The van der Waals surface area contributed by atoms with Crippen molar-refractivity contribution in [2.45, 2.75) is 6.04 Å². The molecule has 8 heteroatoms. The summed E-state index contributed by atoms with van der Waals surface area (Å²) < 4.78 is 7.25. The summed E-state index contributed by atoms with van der Waals surface area (Å²) in [6, 6.07) is 11.8. The van der Waals surface area contributed by atoms with E-state index < -0.39 is 18.0 Å². The molecule has 4 rings (SSSR count). The van der Waals surface area contributed by atoms with Crippen molar-refractivity contribution in [3.8, 4) is 5.75 Å². The molecule has 1 aromatic heterocycles. The number of aromatic carboxylic acids is 1. The number of aryl methyl sites for hydroxylation is 1. The normalized spacial score (nSPS) is 15.7. The van der Waals surface area contributed by atoms with Gasteiger partial charge in [-0.05, 0) is 24.3 Å². The van der Waals surface area contributed by atoms with Crippen LogP contribution in [0, 0.1) is 0 Å². The lowest BCUT2D eigenvalue weighted by atomic mass is 10.0. The molecule has 31 heavy (non-hydrogen) atoms. The average Bonchev–Trinajstić information content (AvgIpc) is 3.09. The molecule has 1 unspecified atom stereocenters. The van der Waals surface area contributed by atoms with E-state index >= 15 is 0 Å². The second-order valence-corrected chi connectivity index (χ2v) is 7.67. The monoisotopic (exact) mass is 423 g/mol. The smallest absolute Gasteiger partial charge is 0.335 e. The van der Waals surface area contributed by atoms with Gasteiger partial charge in [-0.1, -0.05) is 18.2 Å².